The summed E-state index contributed by atoms with van der Waals surface area (Å²) < 4.78 is 39.4. The second kappa shape index (κ2) is 5.88. The molecule has 0 saturated heterocycles. The molecule has 128 valence electrons. The van der Waals surface area contributed by atoms with Gasteiger partial charge in [0.15, 0.2) is 0 Å². The summed E-state index contributed by atoms with van der Waals surface area (Å²) in [6.07, 6.45) is -3.48. The van der Waals surface area contributed by atoms with Crippen molar-refractivity contribution in [3.05, 3.63) is 58.5 Å². The molecule has 0 amide bonds. The highest BCUT2D eigenvalue weighted by Crippen LogP contribution is 2.43. The van der Waals surface area contributed by atoms with Crippen LogP contribution in [-0.2, 0) is 4.84 Å². The Balaban J connectivity index is 1.73. The van der Waals surface area contributed by atoms with Crippen LogP contribution in [0.2, 0.25) is 0 Å². The fraction of sp³-hybridized carbons (Fsp3) is 0.133. The van der Waals surface area contributed by atoms with Crippen LogP contribution >= 0.6 is 11.3 Å². The molecule has 1 unspecified atom stereocenters. The van der Waals surface area contributed by atoms with Crippen LogP contribution in [-0.4, -0.2) is 26.8 Å². The summed E-state index contributed by atoms with van der Waals surface area (Å²) in [5, 5.41) is 16.6. The van der Waals surface area contributed by atoms with E-state index in [1.54, 1.807) is 36.4 Å². The number of hydrogen-bond acceptors (Lipinski definition) is 6. The van der Waals surface area contributed by atoms with E-state index in [1.165, 1.54) is 16.4 Å². The zero-order chi connectivity index (χ0) is 17.4. The number of nitrogens with zero attached hydrogens (tertiary/aromatic N) is 4. The number of tetrazole rings is 1. The number of halogens is 3. The minimum absolute atomic E-state index is 0.345. The molecule has 1 atom stereocenters. The lowest BCUT2D eigenvalue weighted by Crippen LogP contribution is -2.23. The molecule has 0 bridgehead atoms. The Labute approximate surface area is 143 Å². The molecule has 1 N–H and O–H groups in total. The zero-order valence-corrected chi connectivity index (χ0v) is 13.3. The Kier molecular flexibility index (Phi) is 3.68. The van der Waals surface area contributed by atoms with Gasteiger partial charge in [0.25, 0.3) is 0 Å². The van der Waals surface area contributed by atoms with E-state index in [4.69, 9.17) is 4.84 Å². The molecule has 10 heteroatoms. The first-order valence-electron chi connectivity index (χ1n) is 7.16. The summed E-state index contributed by atoms with van der Waals surface area (Å²) in [6.45, 7) is 0. The monoisotopic (exact) mass is 365 g/mol. The maximum Gasteiger partial charge on any atom is 0.451 e. The van der Waals surface area contributed by atoms with Gasteiger partial charge < -0.3 is 4.84 Å². The molecule has 0 aliphatic carbocycles. The lowest BCUT2D eigenvalue weighted by molar-refractivity contribution is -0.129. The summed E-state index contributed by atoms with van der Waals surface area (Å²) in [5.41, 5.74) is 1.07. The van der Waals surface area contributed by atoms with Crippen molar-refractivity contribution in [2.45, 2.75) is 12.2 Å². The molecule has 4 rings (SSSR count). The van der Waals surface area contributed by atoms with E-state index in [1.807, 2.05) is 5.38 Å². The smallest absolute Gasteiger partial charge is 0.374 e. The van der Waals surface area contributed by atoms with Crippen LogP contribution in [0, 0.1) is 0 Å². The van der Waals surface area contributed by atoms with Gasteiger partial charge in [-0.15, -0.1) is 21.5 Å². The van der Waals surface area contributed by atoms with Crippen molar-refractivity contribution in [1.82, 2.24) is 20.6 Å². The van der Waals surface area contributed by atoms with Crippen LogP contribution in [0.25, 0.3) is 11.4 Å². The van der Waals surface area contributed by atoms with E-state index >= 15 is 0 Å². The number of hydroxylamine groups is 1. The summed E-state index contributed by atoms with van der Waals surface area (Å²) in [5.74, 6) is -0.686. The van der Waals surface area contributed by atoms with E-state index in [-0.39, 0.29) is 0 Å². The van der Waals surface area contributed by atoms with E-state index < -0.39 is 18.0 Å². The van der Waals surface area contributed by atoms with Gasteiger partial charge in [-0.1, -0.05) is 18.2 Å². The molecule has 0 radical (unpaired) electrons. The summed E-state index contributed by atoms with van der Waals surface area (Å²) >= 11 is 1.36. The van der Waals surface area contributed by atoms with Gasteiger partial charge in [-0.05, 0) is 34.9 Å². The van der Waals surface area contributed by atoms with Crippen molar-refractivity contribution in [2.24, 2.45) is 0 Å². The number of anilines is 1. The lowest BCUT2D eigenvalue weighted by Gasteiger charge is -2.25. The average Bonchev–Trinajstić information content (AvgIpc) is 3.33. The van der Waals surface area contributed by atoms with Crippen LogP contribution in [0.1, 0.15) is 10.9 Å². The highest BCUT2D eigenvalue weighted by atomic mass is 32.1. The molecule has 1 aliphatic rings. The second-order valence-electron chi connectivity index (χ2n) is 5.19. The van der Waals surface area contributed by atoms with Crippen LogP contribution in [0.4, 0.5) is 18.9 Å². The topological polar surface area (TPSA) is 66.9 Å². The third kappa shape index (κ3) is 2.95. The molecular formula is C15H10F3N5OS. The van der Waals surface area contributed by atoms with Crippen molar-refractivity contribution in [1.29, 1.82) is 0 Å². The molecule has 1 aliphatic heterocycles. The van der Waals surface area contributed by atoms with Gasteiger partial charge in [-0.25, -0.2) is 0 Å². The lowest BCUT2D eigenvalue weighted by atomic mass is 10.1. The molecule has 0 saturated carbocycles. The van der Waals surface area contributed by atoms with Crippen LogP contribution in [0.3, 0.4) is 0 Å². The maximum absolute atomic E-state index is 13.1. The van der Waals surface area contributed by atoms with Crippen LogP contribution in [0.15, 0.2) is 53.6 Å². The van der Waals surface area contributed by atoms with Crippen molar-refractivity contribution in [3.63, 3.8) is 0 Å². The number of H-pyrrole nitrogens is 1. The van der Waals surface area contributed by atoms with E-state index in [2.05, 4.69) is 20.6 Å². The molecule has 2 aromatic heterocycles. The third-order valence-corrected chi connectivity index (χ3v) is 4.52. The molecule has 25 heavy (non-hydrogen) atoms. The predicted octanol–water partition coefficient (Wildman–Crippen LogP) is 3.87. The van der Waals surface area contributed by atoms with E-state index in [0.717, 1.165) is 11.0 Å². The van der Waals surface area contributed by atoms with Crippen molar-refractivity contribution < 1.29 is 18.0 Å². The van der Waals surface area contributed by atoms with Crippen molar-refractivity contribution >= 4 is 17.0 Å². The van der Waals surface area contributed by atoms with Gasteiger partial charge >= 0.3 is 6.18 Å². The van der Waals surface area contributed by atoms with Crippen molar-refractivity contribution in [2.75, 3.05) is 5.06 Å². The van der Waals surface area contributed by atoms with Gasteiger partial charge in [-0.2, -0.15) is 23.4 Å². The Morgan fingerprint density at radius 2 is 2.08 bits per heavy atom. The standard InChI is InChI=1S/C15H10F3N5OS/c16-15(17,18)13-8-11(12-5-2-6-25-12)23(24-13)10-4-1-3-9(7-10)14-19-21-22-20-14/h1-8,11H,(H,19,20,21,22). The zero-order valence-electron chi connectivity index (χ0n) is 12.4. The summed E-state index contributed by atoms with van der Waals surface area (Å²) in [6, 6.07) is 9.63. The number of rotatable bonds is 3. The first-order valence-corrected chi connectivity index (χ1v) is 8.04. The first-order chi connectivity index (χ1) is 12.0. The number of hydrogen-bond donors (Lipinski definition) is 1. The fourth-order valence-electron chi connectivity index (χ4n) is 2.49. The molecule has 1 aromatic carbocycles. The average molecular weight is 365 g/mol. The quantitative estimate of drug-likeness (QED) is 0.763. The van der Waals surface area contributed by atoms with Gasteiger partial charge in [0.05, 0.1) is 5.69 Å². The number of nitrogens with one attached hydrogen (secondary N) is 1. The Morgan fingerprint density at radius 1 is 1.20 bits per heavy atom. The highest BCUT2D eigenvalue weighted by molar-refractivity contribution is 7.10. The largest absolute Gasteiger partial charge is 0.451 e. The minimum Gasteiger partial charge on any atom is -0.374 e. The van der Waals surface area contributed by atoms with Crippen molar-refractivity contribution in [3.8, 4) is 11.4 Å². The molecule has 3 heterocycles. The van der Waals surface area contributed by atoms with Crippen LogP contribution < -0.4 is 5.06 Å². The molecule has 6 nitrogen and oxygen atoms in total. The maximum atomic E-state index is 13.1. The highest BCUT2D eigenvalue weighted by Gasteiger charge is 2.44. The normalized spacial score (nSPS) is 17.5. The Morgan fingerprint density at radius 3 is 2.76 bits per heavy atom. The van der Waals surface area contributed by atoms with Gasteiger partial charge in [0.2, 0.25) is 11.6 Å². The SMILES string of the molecule is FC(F)(F)C1=CC(c2cccs2)N(c2cccc(-c3nn[nH]n3)c2)O1. The number of aromatic nitrogens is 4. The van der Waals surface area contributed by atoms with Crippen LogP contribution in [0.5, 0.6) is 0 Å². The van der Waals surface area contributed by atoms with E-state index in [9.17, 15) is 13.2 Å². The molecule has 3 aromatic rings. The summed E-state index contributed by atoms with van der Waals surface area (Å²) in [4.78, 5) is 5.87. The van der Waals surface area contributed by atoms with Gasteiger partial charge in [-0.3, -0.25) is 0 Å². The van der Waals surface area contributed by atoms with Gasteiger partial charge in [0, 0.05) is 10.4 Å². The van der Waals surface area contributed by atoms with Gasteiger partial charge in [0.1, 0.15) is 6.04 Å². The Hall–Kier alpha value is -2.88. The first kappa shape index (κ1) is 15.6. The molecule has 0 spiro atoms. The number of thiophene rings is 1. The number of benzene rings is 1. The third-order valence-electron chi connectivity index (χ3n) is 3.58. The molecule has 0 fully saturated rings. The number of alkyl halides is 3. The summed E-state index contributed by atoms with van der Waals surface area (Å²) in [7, 11) is 0. The second-order valence-corrected chi connectivity index (χ2v) is 6.17. The molecular weight excluding hydrogens is 355 g/mol. The Bertz CT molecular complexity index is 892. The number of aromatic amines is 1. The minimum atomic E-state index is -4.56. The fourth-order valence-corrected chi connectivity index (χ4v) is 3.26. The number of allylic oxidation sites excluding steroid dienone is 1. The van der Waals surface area contributed by atoms with E-state index in [0.29, 0.717) is 17.1 Å². The predicted molar refractivity (Wildman–Crippen MR) is 84.4 cm³/mol.